The van der Waals surface area contributed by atoms with Gasteiger partial charge in [-0.15, -0.1) is 11.3 Å². The van der Waals surface area contributed by atoms with Gasteiger partial charge in [0.1, 0.15) is 0 Å². The van der Waals surface area contributed by atoms with Crippen molar-refractivity contribution >= 4 is 33.0 Å². The number of nitro benzene ring substituents is 1. The number of hydrogen-bond donors (Lipinski definition) is 1. The molecular formula is C13H14BrN3O2S. The average molecular weight is 356 g/mol. The van der Waals surface area contributed by atoms with Gasteiger partial charge in [-0.2, -0.15) is 0 Å². The minimum Gasteiger partial charge on any atom is -0.312 e. The second-order valence-electron chi connectivity index (χ2n) is 4.32. The normalized spacial score (nSPS) is 10.7. The zero-order valence-electron chi connectivity index (χ0n) is 10.9. The maximum absolute atomic E-state index is 10.6. The van der Waals surface area contributed by atoms with Gasteiger partial charge in [-0.1, -0.05) is 15.9 Å². The van der Waals surface area contributed by atoms with E-state index in [1.54, 1.807) is 17.4 Å². The Morgan fingerprint density at radius 1 is 1.50 bits per heavy atom. The summed E-state index contributed by atoms with van der Waals surface area (Å²) >= 11 is 5.02. The van der Waals surface area contributed by atoms with Crippen molar-refractivity contribution in [3.8, 4) is 0 Å². The number of thiazole rings is 1. The molecular weight excluding hydrogens is 342 g/mol. The first-order valence-corrected chi connectivity index (χ1v) is 7.78. The highest BCUT2D eigenvalue weighted by Crippen LogP contribution is 2.22. The summed E-state index contributed by atoms with van der Waals surface area (Å²) in [5.74, 6) is 0. The van der Waals surface area contributed by atoms with E-state index in [-0.39, 0.29) is 5.69 Å². The van der Waals surface area contributed by atoms with Crippen LogP contribution >= 0.6 is 27.3 Å². The fourth-order valence-corrected chi connectivity index (χ4v) is 2.91. The van der Waals surface area contributed by atoms with Crippen LogP contribution in [0.5, 0.6) is 0 Å². The number of nitrogens with one attached hydrogen (secondary N) is 1. The van der Waals surface area contributed by atoms with E-state index in [0.717, 1.165) is 33.7 Å². The first-order valence-electron chi connectivity index (χ1n) is 6.11. The molecule has 2 rings (SSSR count). The molecule has 0 aliphatic heterocycles. The molecule has 1 aromatic heterocycles. The quantitative estimate of drug-likeness (QED) is 0.489. The van der Waals surface area contributed by atoms with Gasteiger partial charge in [0.05, 0.1) is 15.6 Å². The number of rotatable bonds is 6. The number of aryl methyl sites for hydroxylation is 1. The molecule has 0 atom stereocenters. The second-order valence-corrected chi connectivity index (χ2v) is 6.23. The van der Waals surface area contributed by atoms with Crippen LogP contribution in [0.25, 0.3) is 0 Å². The first-order chi connectivity index (χ1) is 9.56. The van der Waals surface area contributed by atoms with Crippen LogP contribution in [-0.2, 0) is 13.0 Å². The van der Waals surface area contributed by atoms with E-state index in [0.29, 0.717) is 6.54 Å². The summed E-state index contributed by atoms with van der Waals surface area (Å²) in [6, 6.07) is 4.81. The number of halogens is 1. The number of nitrogens with zero attached hydrogens (tertiary/aromatic N) is 2. The summed E-state index contributed by atoms with van der Waals surface area (Å²) in [4.78, 5) is 14.6. The molecule has 0 aliphatic carbocycles. The number of benzene rings is 1. The predicted molar refractivity (Wildman–Crippen MR) is 83.1 cm³/mol. The van der Waals surface area contributed by atoms with Gasteiger partial charge in [-0.25, -0.2) is 4.98 Å². The van der Waals surface area contributed by atoms with Gasteiger partial charge in [0.2, 0.25) is 0 Å². The van der Waals surface area contributed by atoms with Gasteiger partial charge in [0, 0.05) is 41.5 Å². The minimum absolute atomic E-state index is 0.0959. The van der Waals surface area contributed by atoms with Crippen molar-refractivity contribution < 1.29 is 4.92 Å². The summed E-state index contributed by atoms with van der Waals surface area (Å²) in [6.45, 7) is 3.49. The van der Waals surface area contributed by atoms with Crippen molar-refractivity contribution in [1.29, 1.82) is 0 Å². The molecule has 1 heterocycles. The Morgan fingerprint density at radius 3 is 2.90 bits per heavy atom. The molecule has 0 amide bonds. The molecule has 1 N–H and O–H groups in total. The SMILES string of the molecule is Cc1nc(CCNCc2ccc([N+](=O)[O-])cc2Br)cs1. The summed E-state index contributed by atoms with van der Waals surface area (Å²) in [5.41, 5.74) is 2.20. The fraction of sp³-hybridized carbons (Fsp3) is 0.308. The molecule has 7 heteroatoms. The third-order valence-electron chi connectivity index (χ3n) is 2.79. The molecule has 106 valence electrons. The molecule has 0 saturated carbocycles. The lowest BCUT2D eigenvalue weighted by Gasteiger charge is -2.06. The highest BCUT2D eigenvalue weighted by Gasteiger charge is 2.08. The first kappa shape index (κ1) is 15.1. The smallest absolute Gasteiger partial charge is 0.270 e. The third-order valence-corrected chi connectivity index (χ3v) is 4.35. The summed E-state index contributed by atoms with van der Waals surface area (Å²) in [5, 5.41) is 17.1. The molecule has 20 heavy (non-hydrogen) atoms. The maximum Gasteiger partial charge on any atom is 0.270 e. The van der Waals surface area contributed by atoms with Crippen molar-refractivity contribution in [2.24, 2.45) is 0 Å². The molecule has 0 spiro atoms. The van der Waals surface area contributed by atoms with E-state index in [1.807, 2.05) is 6.92 Å². The number of aromatic nitrogens is 1. The Labute approximate surface area is 129 Å². The van der Waals surface area contributed by atoms with Crippen molar-refractivity contribution in [3.05, 3.63) is 54.4 Å². The zero-order chi connectivity index (χ0) is 14.5. The topological polar surface area (TPSA) is 68.1 Å². The molecule has 0 radical (unpaired) electrons. The highest BCUT2D eigenvalue weighted by molar-refractivity contribution is 9.10. The van der Waals surface area contributed by atoms with Gasteiger partial charge >= 0.3 is 0 Å². The zero-order valence-corrected chi connectivity index (χ0v) is 13.3. The second kappa shape index (κ2) is 6.92. The molecule has 0 saturated heterocycles. The Kier molecular flexibility index (Phi) is 5.22. The van der Waals surface area contributed by atoms with Gasteiger partial charge in [0.25, 0.3) is 5.69 Å². The van der Waals surface area contributed by atoms with Gasteiger partial charge in [-0.05, 0) is 18.6 Å². The van der Waals surface area contributed by atoms with Gasteiger partial charge < -0.3 is 5.32 Å². The summed E-state index contributed by atoms with van der Waals surface area (Å²) < 4.78 is 0.753. The molecule has 2 aromatic rings. The predicted octanol–water partition coefficient (Wildman–Crippen LogP) is 3.45. The number of hydrogen-bond acceptors (Lipinski definition) is 5. The van der Waals surface area contributed by atoms with Crippen LogP contribution in [0.4, 0.5) is 5.69 Å². The van der Waals surface area contributed by atoms with Crippen LogP contribution in [0.3, 0.4) is 0 Å². The van der Waals surface area contributed by atoms with E-state index in [2.05, 4.69) is 31.6 Å². The fourth-order valence-electron chi connectivity index (χ4n) is 1.76. The van der Waals surface area contributed by atoms with Crippen molar-refractivity contribution in [2.75, 3.05) is 6.54 Å². The van der Waals surface area contributed by atoms with E-state index < -0.39 is 4.92 Å². The molecule has 0 unspecified atom stereocenters. The minimum atomic E-state index is -0.396. The Hall–Kier alpha value is -1.31. The Morgan fingerprint density at radius 2 is 2.30 bits per heavy atom. The number of nitro groups is 1. The number of non-ortho nitro benzene ring substituents is 1. The summed E-state index contributed by atoms with van der Waals surface area (Å²) in [6.07, 6.45) is 0.884. The van der Waals surface area contributed by atoms with Crippen LogP contribution in [0.2, 0.25) is 0 Å². The standard InChI is InChI=1S/C13H14BrN3O2S/c1-9-16-11(8-20-9)4-5-15-7-10-2-3-12(17(18)19)6-13(10)14/h2-3,6,8,15H,4-5,7H2,1H3. The summed E-state index contributed by atoms with van der Waals surface area (Å²) in [7, 11) is 0. The van der Waals surface area contributed by atoms with Crippen LogP contribution in [0, 0.1) is 17.0 Å². The average Bonchev–Trinajstić information content (AvgIpc) is 2.81. The molecule has 1 aromatic carbocycles. The van der Waals surface area contributed by atoms with E-state index >= 15 is 0 Å². The van der Waals surface area contributed by atoms with Crippen LogP contribution in [0.1, 0.15) is 16.3 Å². The highest BCUT2D eigenvalue weighted by atomic mass is 79.9. The van der Waals surface area contributed by atoms with Crippen LogP contribution in [-0.4, -0.2) is 16.5 Å². The molecule has 5 nitrogen and oxygen atoms in total. The molecule has 0 bridgehead atoms. The molecule has 0 aliphatic rings. The molecule has 0 fully saturated rings. The van der Waals surface area contributed by atoms with Crippen molar-refractivity contribution in [1.82, 2.24) is 10.3 Å². The van der Waals surface area contributed by atoms with E-state index in [9.17, 15) is 10.1 Å². The lowest BCUT2D eigenvalue weighted by molar-refractivity contribution is -0.384. The Bertz CT molecular complexity index is 615. The van der Waals surface area contributed by atoms with E-state index in [4.69, 9.17) is 0 Å². The third kappa shape index (κ3) is 4.09. The van der Waals surface area contributed by atoms with Crippen molar-refractivity contribution in [2.45, 2.75) is 19.9 Å². The van der Waals surface area contributed by atoms with E-state index in [1.165, 1.54) is 12.1 Å². The Balaban J connectivity index is 1.83. The van der Waals surface area contributed by atoms with Gasteiger partial charge in [0.15, 0.2) is 0 Å². The lowest BCUT2D eigenvalue weighted by Crippen LogP contribution is -2.17. The lowest BCUT2D eigenvalue weighted by atomic mass is 10.2. The van der Waals surface area contributed by atoms with Crippen LogP contribution in [0.15, 0.2) is 28.1 Å². The van der Waals surface area contributed by atoms with Gasteiger partial charge in [-0.3, -0.25) is 10.1 Å². The largest absolute Gasteiger partial charge is 0.312 e. The monoisotopic (exact) mass is 355 g/mol. The van der Waals surface area contributed by atoms with Crippen molar-refractivity contribution in [3.63, 3.8) is 0 Å². The van der Waals surface area contributed by atoms with Crippen LogP contribution < -0.4 is 5.32 Å². The maximum atomic E-state index is 10.6.